The number of aliphatic hydroxyl groups is 1. The summed E-state index contributed by atoms with van der Waals surface area (Å²) in [5.74, 6) is -10.6. The molecule has 0 radical (unpaired) electrons. The Balaban J connectivity index is 2.25. The molecule has 3 atom stereocenters. The zero-order chi connectivity index (χ0) is 27.5. The van der Waals surface area contributed by atoms with Gasteiger partial charge in [-0.3, -0.25) is 19.2 Å². The third kappa shape index (κ3) is 6.16. The minimum Gasteiger partial charge on any atom is -0.486 e. The number of halogens is 6. The van der Waals surface area contributed by atoms with Crippen LogP contribution in [0.15, 0.2) is 18.2 Å². The van der Waals surface area contributed by atoms with Gasteiger partial charge in [0.15, 0.2) is 0 Å². The van der Waals surface area contributed by atoms with Crippen molar-refractivity contribution in [2.75, 3.05) is 24.6 Å². The van der Waals surface area contributed by atoms with Crippen molar-refractivity contribution in [2.45, 2.75) is 43.7 Å². The predicted molar refractivity (Wildman–Crippen MR) is 107 cm³/mol. The Morgan fingerprint density at radius 1 is 1.22 bits per heavy atom. The summed E-state index contributed by atoms with van der Waals surface area (Å²) < 4.78 is 87.1. The van der Waals surface area contributed by atoms with Crippen molar-refractivity contribution in [3.8, 4) is 5.75 Å². The number of alkyl halides is 5. The molecule has 2 rings (SSSR count). The molecule has 1 aliphatic heterocycles. The lowest BCUT2D eigenvalue weighted by atomic mass is 10.0. The highest BCUT2D eigenvalue weighted by Gasteiger charge is 2.58. The molecule has 1 aromatic rings. The van der Waals surface area contributed by atoms with Gasteiger partial charge in [0.25, 0.3) is 24.2 Å². The van der Waals surface area contributed by atoms with Crippen LogP contribution in [0.3, 0.4) is 0 Å². The molecule has 0 saturated carbocycles. The van der Waals surface area contributed by atoms with Gasteiger partial charge in [0.2, 0.25) is 5.60 Å². The van der Waals surface area contributed by atoms with Gasteiger partial charge < -0.3 is 30.1 Å². The third-order valence-corrected chi connectivity index (χ3v) is 5.08. The Hall–Kier alpha value is -3.56. The van der Waals surface area contributed by atoms with Gasteiger partial charge in [-0.1, -0.05) is 0 Å². The summed E-state index contributed by atoms with van der Waals surface area (Å²) in [4.78, 5) is 49.2. The number of anilines is 1. The van der Waals surface area contributed by atoms with E-state index in [0.29, 0.717) is 6.92 Å². The van der Waals surface area contributed by atoms with Crippen molar-refractivity contribution in [3.63, 3.8) is 0 Å². The van der Waals surface area contributed by atoms with E-state index in [9.17, 15) is 50.6 Å². The number of ether oxygens (including phenoxy) is 2. The maximum atomic E-state index is 13.8. The van der Waals surface area contributed by atoms with Crippen molar-refractivity contribution in [2.24, 2.45) is 0 Å². The Bertz CT molecular complexity index is 1020. The maximum absolute atomic E-state index is 13.8. The lowest BCUT2D eigenvalue weighted by Crippen LogP contribution is -2.63. The fourth-order valence-electron chi connectivity index (χ4n) is 3.01. The topological polar surface area (TPSA) is 134 Å². The second kappa shape index (κ2) is 10.6. The molecule has 0 saturated heterocycles. The van der Waals surface area contributed by atoms with Crippen molar-refractivity contribution in [1.82, 2.24) is 10.6 Å². The highest BCUT2D eigenvalue weighted by atomic mass is 19.4. The number of carbonyl (C=O) groups excluding carboxylic acids is 4. The van der Waals surface area contributed by atoms with E-state index in [1.165, 1.54) is 13.0 Å². The average molecular weight is 529 g/mol. The first-order valence-corrected chi connectivity index (χ1v) is 10.1. The minimum atomic E-state index is -6.00. The van der Waals surface area contributed by atoms with Crippen LogP contribution in [0.5, 0.6) is 5.75 Å². The van der Waals surface area contributed by atoms with Crippen LogP contribution in [0.4, 0.5) is 32.0 Å². The molecule has 0 spiro atoms. The second-order valence-corrected chi connectivity index (χ2v) is 7.80. The SMILES string of the molecule is C[C@H]1Oc2ccc(F)cc2N(CCOC=O)C(=O)[C@H]1NC(=O)[C@@](C)(O)C(=O)NCC(F)(F)C(F)(F)F. The molecule has 0 bridgehead atoms. The van der Waals surface area contributed by atoms with E-state index < -0.39 is 59.9 Å². The van der Waals surface area contributed by atoms with E-state index in [-0.39, 0.29) is 31.1 Å². The summed E-state index contributed by atoms with van der Waals surface area (Å²) in [6.07, 6.45) is -7.21. The molecule has 3 amide bonds. The van der Waals surface area contributed by atoms with Gasteiger partial charge in [-0.05, 0) is 26.0 Å². The summed E-state index contributed by atoms with van der Waals surface area (Å²) in [7, 11) is 0. The van der Waals surface area contributed by atoms with E-state index in [2.05, 4.69) is 4.74 Å². The van der Waals surface area contributed by atoms with Crippen LogP contribution in [0, 0.1) is 5.82 Å². The number of rotatable bonds is 9. The van der Waals surface area contributed by atoms with Crippen LogP contribution in [-0.2, 0) is 23.9 Å². The molecule has 1 aromatic carbocycles. The zero-order valence-corrected chi connectivity index (χ0v) is 18.7. The van der Waals surface area contributed by atoms with E-state index in [4.69, 9.17) is 4.74 Å². The van der Waals surface area contributed by atoms with Crippen molar-refractivity contribution >= 4 is 29.9 Å². The summed E-state index contributed by atoms with van der Waals surface area (Å²) >= 11 is 0. The van der Waals surface area contributed by atoms with E-state index >= 15 is 0 Å². The normalized spacial score (nSPS) is 19.8. The lowest BCUT2D eigenvalue weighted by molar-refractivity contribution is -0.278. The van der Waals surface area contributed by atoms with Crippen molar-refractivity contribution < 1.29 is 60.1 Å². The Morgan fingerprint density at radius 3 is 2.44 bits per heavy atom. The van der Waals surface area contributed by atoms with E-state index in [0.717, 1.165) is 22.3 Å². The second-order valence-electron chi connectivity index (χ2n) is 7.80. The molecule has 0 unspecified atom stereocenters. The molecule has 36 heavy (non-hydrogen) atoms. The van der Waals surface area contributed by atoms with Crippen LogP contribution in [0.2, 0.25) is 0 Å². The molecule has 1 heterocycles. The quantitative estimate of drug-likeness (QED) is 0.185. The number of nitrogens with one attached hydrogen (secondary N) is 2. The number of hydrogen-bond acceptors (Lipinski definition) is 7. The fourth-order valence-corrected chi connectivity index (χ4v) is 3.01. The van der Waals surface area contributed by atoms with Crippen molar-refractivity contribution in [1.29, 1.82) is 0 Å². The van der Waals surface area contributed by atoms with Crippen LogP contribution in [0.1, 0.15) is 13.8 Å². The first kappa shape index (κ1) is 28.7. The number of amides is 3. The largest absolute Gasteiger partial charge is 0.486 e. The standard InChI is InChI=1S/C20H21F6N3O7/c1-10-14(28-17(33)18(2,34)16(32)27-8-19(22,23)20(24,25)26)15(31)29(5-6-35-9-30)12-7-11(21)3-4-13(12)36-10/h3-4,7,9-10,14,34H,5-6,8H2,1-2H3,(H,27,32)(H,28,33)/t10-,14+,18+/m1/s1. The summed E-state index contributed by atoms with van der Waals surface area (Å²) in [6.45, 7) is -1.05. The molecule has 16 heteroatoms. The molecule has 3 N–H and O–H groups in total. The molecule has 0 aromatic heterocycles. The van der Waals surface area contributed by atoms with E-state index in [1.807, 2.05) is 5.32 Å². The Labute approximate surface area is 199 Å². The summed E-state index contributed by atoms with van der Waals surface area (Å²) in [5.41, 5.74) is -3.30. The monoisotopic (exact) mass is 529 g/mol. The van der Waals surface area contributed by atoms with Gasteiger partial charge in [0.05, 0.1) is 18.8 Å². The van der Waals surface area contributed by atoms with Gasteiger partial charge in [-0.15, -0.1) is 0 Å². The first-order valence-electron chi connectivity index (χ1n) is 10.1. The number of benzene rings is 1. The highest BCUT2D eigenvalue weighted by Crippen LogP contribution is 2.35. The molecular formula is C20H21F6N3O7. The predicted octanol–water partition coefficient (Wildman–Crippen LogP) is 0.662. The fraction of sp³-hybridized carbons (Fsp3) is 0.500. The van der Waals surface area contributed by atoms with Gasteiger partial charge in [-0.25, -0.2) is 4.39 Å². The van der Waals surface area contributed by atoms with Gasteiger partial charge in [0, 0.05) is 6.07 Å². The average Bonchev–Trinajstić information content (AvgIpc) is 2.86. The number of hydrogen-bond donors (Lipinski definition) is 3. The number of fused-ring (bicyclic) bond motifs is 1. The minimum absolute atomic E-state index is 0.0148. The molecule has 200 valence electrons. The number of nitrogens with zero attached hydrogens (tertiary/aromatic N) is 1. The Kier molecular flexibility index (Phi) is 8.44. The molecule has 0 fully saturated rings. The van der Waals surface area contributed by atoms with Gasteiger partial charge in [-0.2, -0.15) is 22.0 Å². The maximum Gasteiger partial charge on any atom is 0.455 e. The first-order chi connectivity index (χ1) is 16.5. The van der Waals surface area contributed by atoms with Crippen molar-refractivity contribution in [3.05, 3.63) is 24.0 Å². The number of carbonyl (C=O) groups is 4. The van der Waals surface area contributed by atoms with Crippen LogP contribution in [0.25, 0.3) is 0 Å². The molecular weight excluding hydrogens is 508 g/mol. The van der Waals surface area contributed by atoms with Crippen LogP contribution < -0.4 is 20.3 Å². The molecule has 1 aliphatic rings. The molecule has 10 nitrogen and oxygen atoms in total. The lowest BCUT2D eigenvalue weighted by Gasteiger charge is -2.29. The van der Waals surface area contributed by atoms with Gasteiger partial charge >= 0.3 is 12.1 Å². The van der Waals surface area contributed by atoms with Gasteiger partial charge in [0.1, 0.15) is 30.3 Å². The Morgan fingerprint density at radius 2 is 1.86 bits per heavy atom. The summed E-state index contributed by atoms with van der Waals surface area (Å²) in [5, 5.41) is 13.4. The zero-order valence-electron chi connectivity index (χ0n) is 18.7. The van der Waals surface area contributed by atoms with E-state index in [1.54, 1.807) is 0 Å². The smallest absolute Gasteiger partial charge is 0.455 e. The summed E-state index contributed by atoms with van der Waals surface area (Å²) in [6, 6.07) is 1.45. The third-order valence-electron chi connectivity index (χ3n) is 5.08. The molecule has 0 aliphatic carbocycles. The van der Waals surface area contributed by atoms with Crippen LogP contribution in [-0.4, -0.2) is 78.8 Å². The highest BCUT2D eigenvalue weighted by molar-refractivity contribution is 6.10. The van der Waals surface area contributed by atoms with Crippen LogP contribution >= 0.6 is 0 Å².